The third-order valence-electron chi connectivity index (χ3n) is 2.68. The average molecular weight is 299 g/mol. The number of carbonyl (C=O) groups excluding carboxylic acids is 1. The highest BCUT2D eigenvalue weighted by Crippen LogP contribution is 2.17. The van der Waals surface area contributed by atoms with Crippen molar-refractivity contribution in [2.75, 3.05) is 24.6 Å². The number of amides is 1. The maximum Gasteiger partial charge on any atom is 0.246 e. The lowest BCUT2D eigenvalue weighted by molar-refractivity contribution is -0.124. The van der Waals surface area contributed by atoms with Crippen molar-refractivity contribution in [3.63, 3.8) is 0 Å². The maximum atomic E-state index is 11.7. The first kappa shape index (κ1) is 14.1. The fraction of sp³-hybridized carbons (Fsp3) is 0.417. The first-order valence-corrected chi connectivity index (χ1v) is 7.40. The van der Waals surface area contributed by atoms with Gasteiger partial charge in [-0.25, -0.2) is 9.97 Å². The van der Waals surface area contributed by atoms with E-state index in [0.29, 0.717) is 21.9 Å². The number of thioether (sulfide) groups is 1. The Hall–Kier alpha value is -1.27. The highest BCUT2D eigenvalue weighted by atomic mass is 35.5. The van der Waals surface area contributed by atoms with E-state index in [1.807, 2.05) is 11.0 Å². The van der Waals surface area contributed by atoms with Crippen LogP contribution in [0.1, 0.15) is 12.8 Å². The van der Waals surface area contributed by atoms with Gasteiger partial charge in [0.2, 0.25) is 5.91 Å². The van der Waals surface area contributed by atoms with Crippen molar-refractivity contribution in [2.24, 2.45) is 0 Å². The second kappa shape index (κ2) is 6.77. The van der Waals surface area contributed by atoms with Crippen LogP contribution in [0.5, 0.6) is 0 Å². The summed E-state index contributed by atoms with van der Waals surface area (Å²) in [5.74, 6) is 1.03. The van der Waals surface area contributed by atoms with Crippen LogP contribution >= 0.6 is 23.4 Å². The number of aromatic nitrogens is 2. The first-order chi connectivity index (χ1) is 9.15. The molecular weight excluding hydrogens is 284 g/mol. The summed E-state index contributed by atoms with van der Waals surface area (Å²) in [6, 6.07) is 1.50. The molecule has 0 bridgehead atoms. The number of hydrogen-bond acceptors (Lipinski definition) is 5. The minimum absolute atomic E-state index is 0.0737. The molecule has 7 heteroatoms. The number of nitrogens with two attached hydrogens (primary N) is 1. The molecule has 1 saturated heterocycles. The Labute approximate surface area is 121 Å². The molecule has 1 fully saturated rings. The number of hydrogen-bond donors (Lipinski definition) is 1. The molecule has 0 aliphatic carbocycles. The van der Waals surface area contributed by atoms with Crippen LogP contribution in [0.2, 0.25) is 5.15 Å². The number of nitrogens with zero attached hydrogens (tertiary/aromatic N) is 3. The summed E-state index contributed by atoms with van der Waals surface area (Å²) in [5.41, 5.74) is 5.57. The molecule has 2 heterocycles. The normalized spacial score (nSPS) is 15.3. The second-order valence-electron chi connectivity index (χ2n) is 4.14. The van der Waals surface area contributed by atoms with Crippen LogP contribution in [0.4, 0.5) is 5.82 Å². The van der Waals surface area contributed by atoms with Gasteiger partial charge in [0.05, 0.1) is 0 Å². The van der Waals surface area contributed by atoms with E-state index in [1.165, 1.54) is 17.8 Å². The van der Waals surface area contributed by atoms with Crippen molar-refractivity contribution in [3.8, 4) is 0 Å². The Morgan fingerprint density at radius 3 is 2.89 bits per heavy atom. The molecule has 2 rings (SSSR count). The van der Waals surface area contributed by atoms with Gasteiger partial charge in [-0.05, 0) is 18.9 Å². The zero-order chi connectivity index (χ0) is 13.7. The van der Waals surface area contributed by atoms with Gasteiger partial charge in [0, 0.05) is 24.9 Å². The Morgan fingerprint density at radius 2 is 2.21 bits per heavy atom. The number of halogens is 1. The summed E-state index contributed by atoms with van der Waals surface area (Å²) in [6.07, 6.45) is 5.62. The van der Waals surface area contributed by atoms with Crippen LogP contribution in [-0.2, 0) is 4.79 Å². The molecule has 0 unspecified atom stereocenters. The molecule has 1 amide bonds. The van der Waals surface area contributed by atoms with E-state index in [9.17, 15) is 4.79 Å². The van der Waals surface area contributed by atoms with Gasteiger partial charge in [-0.15, -0.1) is 0 Å². The summed E-state index contributed by atoms with van der Waals surface area (Å²) in [7, 11) is 0. The third-order valence-corrected chi connectivity index (χ3v) is 3.67. The number of rotatable bonds is 4. The molecule has 0 radical (unpaired) electrons. The van der Waals surface area contributed by atoms with Gasteiger partial charge in [0.25, 0.3) is 0 Å². The predicted molar refractivity (Wildman–Crippen MR) is 77.1 cm³/mol. The minimum Gasteiger partial charge on any atom is -0.384 e. The molecule has 19 heavy (non-hydrogen) atoms. The molecule has 1 aromatic rings. The summed E-state index contributed by atoms with van der Waals surface area (Å²) in [4.78, 5) is 21.7. The highest BCUT2D eigenvalue weighted by Gasteiger charge is 2.14. The van der Waals surface area contributed by atoms with E-state index in [1.54, 1.807) is 6.08 Å². The van der Waals surface area contributed by atoms with Crippen LogP contribution in [0, 0.1) is 0 Å². The van der Waals surface area contributed by atoms with Crippen molar-refractivity contribution < 1.29 is 4.79 Å². The first-order valence-electron chi connectivity index (χ1n) is 6.03. The van der Waals surface area contributed by atoms with E-state index < -0.39 is 0 Å². The van der Waals surface area contributed by atoms with Crippen LogP contribution in [0.15, 0.2) is 23.4 Å². The van der Waals surface area contributed by atoms with E-state index in [0.717, 1.165) is 25.9 Å². The van der Waals surface area contributed by atoms with Crippen molar-refractivity contribution in [3.05, 3.63) is 23.4 Å². The van der Waals surface area contributed by atoms with Gasteiger partial charge in [-0.1, -0.05) is 29.4 Å². The minimum atomic E-state index is 0.0737. The fourth-order valence-corrected chi connectivity index (χ4v) is 2.71. The molecule has 0 saturated carbocycles. The van der Waals surface area contributed by atoms with Gasteiger partial charge in [-0.3, -0.25) is 4.79 Å². The molecule has 0 spiro atoms. The van der Waals surface area contributed by atoms with E-state index >= 15 is 0 Å². The van der Waals surface area contributed by atoms with Gasteiger partial charge < -0.3 is 10.6 Å². The lowest BCUT2D eigenvalue weighted by Crippen LogP contribution is -2.25. The quantitative estimate of drug-likeness (QED) is 0.398. The van der Waals surface area contributed by atoms with Crippen molar-refractivity contribution in [1.29, 1.82) is 0 Å². The standard InChI is InChI=1S/C12H15ClN4OS/c13-9-8-10(14)16-12(15-9)19-7-3-4-11(18)17-5-1-2-6-17/h3-4,8H,1-2,5-7H2,(H2,14,15,16). The van der Waals surface area contributed by atoms with Crippen molar-refractivity contribution >= 4 is 35.1 Å². The molecule has 2 N–H and O–H groups in total. The second-order valence-corrected chi connectivity index (χ2v) is 5.52. The van der Waals surface area contributed by atoms with Crippen LogP contribution in [0.3, 0.4) is 0 Å². The molecular formula is C12H15ClN4OS. The Kier molecular flexibility index (Phi) is 5.04. The zero-order valence-electron chi connectivity index (χ0n) is 10.4. The van der Waals surface area contributed by atoms with Gasteiger partial charge in [-0.2, -0.15) is 0 Å². The Bertz CT molecular complexity index is 468. The number of carbonyl (C=O) groups is 1. The van der Waals surface area contributed by atoms with Crippen LogP contribution in [0.25, 0.3) is 0 Å². The largest absolute Gasteiger partial charge is 0.384 e. The molecule has 1 aliphatic heterocycles. The number of nitrogen functional groups attached to an aromatic ring is 1. The van der Waals surface area contributed by atoms with E-state index in [-0.39, 0.29) is 5.91 Å². The van der Waals surface area contributed by atoms with E-state index in [2.05, 4.69) is 9.97 Å². The Balaban J connectivity index is 1.80. The van der Waals surface area contributed by atoms with Crippen molar-refractivity contribution in [2.45, 2.75) is 18.0 Å². The topological polar surface area (TPSA) is 72.1 Å². The Morgan fingerprint density at radius 1 is 1.47 bits per heavy atom. The monoisotopic (exact) mass is 298 g/mol. The van der Waals surface area contributed by atoms with Crippen LogP contribution in [-0.4, -0.2) is 39.6 Å². The van der Waals surface area contributed by atoms with Crippen molar-refractivity contribution in [1.82, 2.24) is 14.9 Å². The van der Waals surface area contributed by atoms with Gasteiger partial charge >= 0.3 is 0 Å². The average Bonchev–Trinajstić information content (AvgIpc) is 2.87. The summed E-state index contributed by atoms with van der Waals surface area (Å²) in [6.45, 7) is 1.73. The highest BCUT2D eigenvalue weighted by molar-refractivity contribution is 7.99. The fourth-order valence-electron chi connectivity index (χ4n) is 1.79. The molecule has 102 valence electrons. The van der Waals surface area contributed by atoms with E-state index in [4.69, 9.17) is 17.3 Å². The molecule has 5 nitrogen and oxygen atoms in total. The predicted octanol–water partition coefficient (Wildman–Crippen LogP) is 1.98. The molecule has 0 atom stereocenters. The third kappa shape index (κ3) is 4.40. The molecule has 1 aromatic heterocycles. The molecule has 0 aromatic carbocycles. The summed E-state index contributed by atoms with van der Waals surface area (Å²) in [5, 5.41) is 0.843. The number of anilines is 1. The molecule has 1 aliphatic rings. The lowest BCUT2D eigenvalue weighted by atomic mass is 10.4. The smallest absolute Gasteiger partial charge is 0.246 e. The zero-order valence-corrected chi connectivity index (χ0v) is 12.0. The van der Waals surface area contributed by atoms with Crippen LogP contribution < -0.4 is 5.73 Å². The summed E-state index contributed by atoms with van der Waals surface area (Å²) >= 11 is 7.17. The van der Waals surface area contributed by atoms with Gasteiger partial charge in [0.1, 0.15) is 11.0 Å². The lowest BCUT2D eigenvalue weighted by Gasteiger charge is -2.11. The number of likely N-dealkylation sites (tertiary alicyclic amines) is 1. The van der Waals surface area contributed by atoms with Gasteiger partial charge in [0.15, 0.2) is 5.16 Å². The maximum absolute atomic E-state index is 11.7. The summed E-state index contributed by atoms with van der Waals surface area (Å²) < 4.78 is 0. The SMILES string of the molecule is Nc1cc(Cl)nc(SCC=CC(=O)N2CCCC2)n1.